The first-order valence-electron chi connectivity index (χ1n) is 10.0. The van der Waals surface area contributed by atoms with Crippen LogP contribution in [0.4, 0.5) is 0 Å². The first-order chi connectivity index (χ1) is 14.7. The molecule has 1 fully saturated rings. The third kappa shape index (κ3) is 3.48. The Balaban J connectivity index is 1.84. The molecule has 1 aromatic heterocycles. The van der Waals surface area contributed by atoms with Crippen LogP contribution in [0.25, 0.3) is 34.6 Å². The molecule has 1 aliphatic rings. The van der Waals surface area contributed by atoms with Gasteiger partial charge in [-0.2, -0.15) is 0 Å². The summed E-state index contributed by atoms with van der Waals surface area (Å²) >= 11 is 0. The Hall–Kier alpha value is -3.44. The van der Waals surface area contributed by atoms with Gasteiger partial charge in [0.25, 0.3) is 5.91 Å². The fourth-order valence-electron chi connectivity index (χ4n) is 3.92. The summed E-state index contributed by atoms with van der Waals surface area (Å²) < 4.78 is 7.47. The number of carbonyl (C=O) groups excluding carboxylic acids is 1. The summed E-state index contributed by atoms with van der Waals surface area (Å²) in [6.45, 7) is 14.8. The molecule has 1 aliphatic heterocycles. The first-order valence-corrected chi connectivity index (χ1v) is 10.0. The van der Waals surface area contributed by atoms with Crippen molar-refractivity contribution >= 4 is 29.1 Å². The number of hydrogen-bond donors (Lipinski definition) is 0. The van der Waals surface area contributed by atoms with Crippen LogP contribution in [-0.2, 0) is 11.3 Å². The summed E-state index contributed by atoms with van der Waals surface area (Å²) in [5, 5.41) is 0. The Morgan fingerprint density at radius 2 is 1.90 bits per heavy atom. The zero-order valence-electron chi connectivity index (χ0n) is 17.0. The standard InChI is InChI=1S/C25H25N3O2/c1-4-12-28-23-11-10-19(25(29)27-13-15-30-16-14-27)17-22(23)26-24(28)21-9-7-8-18(5-2)20(21)6-3/h4-11,17H,1-3,12-16H2. The number of benzene rings is 2. The second-order valence-corrected chi connectivity index (χ2v) is 7.16. The summed E-state index contributed by atoms with van der Waals surface area (Å²) in [5.41, 5.74) is 5.34. The average molecular weight is 399 g/mol. The quantitative estimate of drug-likeness (QED) is 0.567. The van der Waals surface area contributed by atoms with E-state index < -0.39 is 0 Å². The highest BCUT2D eigenvalue weighted by Gasteiger charge is 2.21. The largest absolute Gasteiger partial charge is 0.378 e. The lowest BCUT2D eigenvalue weighted by Gasteiger charge is -2.26. The molecule has 2 heterocycles. The van der Waals surface area contributed by atoms with Gasteiger partial charge in [0, 0.05) is 30.8 Å². The van der Waals surface area contributed by atoms with Gasteiger partial charge in [0.15, 0.2) is 0 Å². The molecule has 30 heavy (non-hydrogen) atoms. The maximum atomic E-state index is 12.9. The molecular weight excluding hydrogens is 374 g/mol. The Morgan fingerprint density at radius 1 is 1.10 bits per heavy atom. The van der Waals surface area contributed by atoms with E-state index in [9.17, 15) is 4.79 Å². The molecule has 1 saturated heterocycles. The van der Waals surface area contributed by atoms with E-state index in [2.05, 4.69) is 24.3 Å². The van der Waals surface area contributed by atoms with Gasteiger partial charge in [-0.15, -0.1) is 6.58 Å². The molecular formula is C25H25N3O2. The molecule has 5 nitrogen and oxygen atoms in total. The second-order valence-electron chi connectivity index (χ2n) is 7.16. The maximum Gasteiger partial charge on any atom is 0.254 e. The number of hydrogen-bond acceptors (Lipinski definition) is 3. The van der Waals surface area contributed by atoms with Crippen LogP contribution in [0.15, 0.2) is 62.2 Å². The first kappa shape index (κ1) is 19.9. The molecule has 0 N–H and O–H groups in total. The van der Waals surface area contributed by atoms with Crippen LogP contribution in [0, 0.1) is 0 Å². The van der Waals surface area contributed by atoms with E-state index in [-0.39, 0.29) is 5.91 Å². The van der Waals surface area contributed by atoms with Crippen LogP contribution in [0.5, 0.6) is 0 Å². The molecule has 1 amide bonds. The monoisotopic (exact) mass is 399 g/mol. The third-order valence-corrected chi connectivity index (χ3v) is 5.41. The molecule has 3 aromatic rings. The van der Waals surface area contributed by atoms with E-state index in [1.165, 1.54) is 0 Å². The maximum absolute atomic E-state index is 12.9. The lowest BCUT2D eigenvalue weighted by Crippen LogP contribution is -2.40. The van der Waals surface area contributed by atoms with Gasteiger partial charge >= 0.3 is 0 Å². The Kier molecular flexibility index (Phi) is 5.63. The fraction of sp³-hybridized carbons (Fsp3) is 0.200. The molecule has 0 saturated carbocycles. The number of aromatic nitrogens is 2. The zero-order valence-corrected chi connectivity index (χ0v) is 17.0. The smallest absolute Gasteiger partial charge is 0.254 e. The van der Waals surface area contributed by atoms with Gasteiger partial charge in [0.1, 0.15) is 5.82 Å². The number of fused-ring (bicyclic) bond motifs is 1. The van der Waals surface area contributed by atoms with Crippen molar-refractivity contribution in [1.29, 1.82) is 0 Å². The van der Waals surface area contributed by atoms with Gasteiger partial charge in [-0.1, -0.05) is 49.6 Å². The van der Waals surface area contributed by atoms with Gasteiger partial charge in [0.2, 0.25) is 0 Å². The van der Waals surface area contributed by atoms with Crippen molar-refractivity contribution in [2.75, 3.05) is 26.3 Å². The summed E-state index contributed by atoms with van der Waals surface area (Å²) in [7, 11) is 0. The Bertz CT molecular complexity index is 1140. The van der Waals surface area contributed by atoms with Gasteiger partial charge in [-0.05, 0) is 29.3 Å². The van der Waals surface area contributed by atoms with Crippen molar-refractivity contribution in [3.63, 3.8) is 0 Å². The normalized spacial score (nSPS) is 13.9. The molecule has 0 spiro atoms. The number of rotatable bonds is 6. The SMILES string of the molecule is C=CCn1c(-c2cccc(C=C)c2C=C)nc2cc(C(=O)N3CCOCC3)ccc21. The summed E-state index contributed by atoms with van der Waals surface area (Å²) in [5.74, 6) is 0.833. The van der Waals surface area contributed by atoms with E-state index >= 15 is 0 Å². The van der Waals surface area contributed by atoms with Crippen molar-refractivity contribution in [2.45, 2.75) is 6.54 Å². The van der Waals surface area contributed by atoms with Crippen molar-refractivity contribution < 1.29 is 9.53 Å². The lowest BCUT2D eigenvalue weighted by molar-refractivity contribution is 0.0303. The number of amides is 1. The summed E-state index contributed by atoms with van der Waals surface area (Å²) in [6, 6.07) is 11.7. The van der Waals surface area contributed by atoms with Gasteiger partial charge < -0.3 is 14.2 Å². The highest BCUT2D eigenvalue weighted by molar-refractivity contribution is 5.98. The predicted molar refractivity (Wildman–Crippen MR) is 122 cm³/mol. The highest BCUT2D eigenvalue weighted by Crippen LogP contribution is 2.31. The lowest BCUT2D eigenvalue weighted by atomic mass is 10.0. The topological polar surface area (TPSA) is 47.4 Å². The number of nitrogens with zero attached hydrogens (tertiary/aromatic N) is 3. The molecule has 4 rings (SSSR count). The van der Waals surface area contributed by atoms with E-state index in [1.54, 1.807) is 0 Å². The molecule has 0 unspecified atom stereocenters. The van der Waals surface area contributed by atoms with Crippen LogP contribution >= 0.6 is 0 Å². The molecule has 5 heteroatoms. The Labute approximate surface area is 176 Å². The van der Waals surface area contributed by atoms with Gasteiger partial charge in [0.05, 0.1) is 24.2 Å². The van der Waals surface area contributed by atoms with Crippen LogP contribution < -0.4 is 0 Å². The minimum absolute atomic E-state index is 0.0143. The van der Waals surface area contributed by atoms with Crippen LogP contribution in [0.3, 0.4) is 0 Å². The third-order valence-electron chi connectivity index (χ3n) is 5.41. The summed E-state index contributed by atoms with van der Waals surface area (Å²) in [4.78, 5) is 19.7. The Morgan fingerprint density at radius 3 is 2.60 bits per heavy atom. The van der Waals surface area contributed by atoms with E-state index in [0.29, 0.717) is 38.4 Å². The van der Waals surface area contributed by atoms with Crippen molar-refractivity contribution in [1.82, 2.24) is 14.5 Å². The van der Waals surface area contributed by atoms with Gasteiger partial charge in [-0.25, -0.2) is 4.98 Å². The number of allylic oxidation sites excluding steroid dienone is 1. The van der Waals surface area contributed by atoms with Crippen LogP contribution in [0.1, 0.15) is 21.5 Å². The van der Waals surface area contributed by atoms with Crippen molar-refractivity contribution in [3.8, 4) is 11.4 Å². The number of imidazole rings is 1. The molecule has 0 atom stereocenters. The molecule has 0 bridgehead atoms. The van der Waals surface area contributed by atoms with E-state index in [4.69, 9.17) is 9.72 Å². The zero-order chi connectivity index (χ0) is 21.1. The summed E-state index contributed by atoms with van der Waals surface area (Å²) in [6.07, 6.45) is 5.50. The number of ether oxygens (including phenoxy) is 1. The number of morpholine rings is 1. The molecule has 0 aliphatic carbocycles. The predicted octanol–water partition coefficient (Wildman–Crippen LogP) is 4.65. The molecule has 152 valence electrons. The van der Waals surface area contributed by atoms with Crippen LogP contribution in [0.2, 0.25) is 0 Å². The average Bonchev–Trinajstić information content (AvgIpc) is 3.16. The highest BCUT2D eigenvalue weighted by atomic mass is 16.5. The second kappa shape index (κ2) is 8.51. The fourth-order valence-corrected chi connectivity index (χ4v) is 3.92. The van der Waals surface area contributed by atoms with Crippen molar-refractivity contribution in [2.24, 2.45) is 0 Å². The van der Waals surface area contributed by atoms with Crippen LogP contribution in [-0.4, -0.2) is 46.7 Å². The number of carbonyl (C=O) groups is 1. The van der Waals surface area contributed by atoms with E-state index in [1.807, 2.05) is 59.5 Å². The van der Waals surface area contributed by atoms with E-state index in [0.717, 1.165) is 33.5 Å². The molecule has 2 aromatic carbocycles. The minimum atomic E-state index is 0.0143. The minimum Gasteiger partial charge on any atom is -0.378 e. The van der Waals surface area contributed by atoms with Gasteiger partial charge in [-0.3, -0.25) is 4.79 Å². The van der Waals surface area contributed by atoms with Crippen molar-refractivity contribution in [3.05, 3.63) is 78.9 Å². The molecule has 0 radical (unpaired) electrons.